The molecule has 1 aliphatic heterocycles. The van der Waals surface area contributed by atoms with Crippen LogP contribution in [0.15, 0.2) is 48.5 Å². The molecule has 3 rings (SSSR count). The van der Waals surface area contributed by atoms with Gasteiger partial charge in [-0.2, -0.15) is 0 Å². The van der Waals surface area contributed by atoms with E-state index < -0.39 is 23.8 Å². The molecule has 1 aliphatic rings. The maximum Gasteiger partial charge on any atom is 0.327 e. The number of rotatable bonds is 5. The Kier molecular flexibility index (Phi) is 4.04. The van der Waals surface area contributed by atoms with Crippen LogP contribution in [0.1, 0.15) is 26.3 Å². The van der Waals surface area contributed by atoms with Crippen molar-refractivity contribution < 1.29 is 24.2 Å². The maximum atomic E-state index is 12.5. The molecule has 122 valence electrons. The van der Waals surface area contributed by atoms with Gasteiger partial charge >= 0.3 is 5.97 Å². The number of fused-ring (bicyclic) bond motifs is 1. The Morgan fingerprint density at radius 1 is 1.04 bits per heavy atom. The molecule has 0 bridgehead atoms. The second kappa shape index (κ2) is 6.16. The summed E-state index contributed by atoms with van der Waals surface area (Å²) in [6.45, 7) is 0. The Morgan fingerprint density at radius 2 is 1.58 bits per heavy atom. The third kappa shape index (κ3) is 2.62. The number of methoxy groups -OCH3 is 1. The average Bonchev–Trinajstić information content (AvgIpc) is 2.85. The first-order valence-corrected chi connectivity index (χ1v) is 7.35. The van der Waals surface area contributed by atoms with Gasteiger partial charge in [0.25, 0.3) is 11.8 Å². The normalized spacial score (nSPS) is 14.5. The zero-order valence-electron chi connectivity index (χ0n) is 12.9. The number of nitrogens with zero attached hydrogens (tertiary/aromatic N) is 1. The first kappa shape index (κ1) is 15.7. The van der Waals surface area contributed by atoms with E-state index in [0.717, 1.165) is 4.90 Å². The monoisotopic (exact) mass is 325 g/mol. The van der Waals surface area contributed by atoms with Crippen LogP contribution in [0.4, 0.5) is 0 Å². The van der Waals surface area contributed by atoms with Crippen molar-refractivity contribution in [1.82, 2.24) is 4.90 Å². The van der Waals surface area contributed by atoms with Gasteiger partial charge in [0.05, 0.1) is 18.2 Å². The van der Waals surface area contributed by atoms with Crippen LogP contribution in [-0.2, 0) is 11.2 Å². The van der Waals surface area contributed by atoms with Gasteiger partial charge in [0.1, 0.15) is 11.8 Å². The first-order chi connectivity index (χ1) is 11.5. The van der Waals surface area contributed by atoms with E-state index in [4.69, 9.17) is 4.74 Å². The Balaban J connectivity index is 1.90. The van der Waals surface area contributed by atoms with E-state index in [-0.39, 0.29) is 17.5 Å². The average molecular weight is 325 g/mol. The fourth-order valence-corrected chi connectivity index (χ4v) is 2.76. The number of carbonyl (C=O) groups is 3. The van der Waals surface area contributed by atoms with E-state index in [1.54, 1.807) is 36.4 Å². The van der Waals surface area contributed by atoms with Gasteiger partial charge in [-0.25, -0.2) is 4.79 Å². The van der Waals surface area contributed by atoms with Gasteiger partial charge in [0.15, 0.2) is 0 Å². The molecule has 2 aromatic rings. The molecule has 0 aliphatic carbocycles. The van der Waals surface area contributed by atoms with Crippen molar-refractivity contribution in [2.45, 2.75) is 12.5 Å². The molecule has 6 heteroatoms. The molecule has 1 unspecified atom stereocenters. The molecule has 0 aromatic heterocycles. The van der Waals surface area contributed by atoms with Crippen LogP contribution in [0.3, 0.4) is 0 Å². The zero-order valence-corrected chi connectivity index (χ0v) is 12.9. The van der Waals surface area contributed by atoms with Crippen LogP contribution in [0.2, 0.25) is 0 Å². The van der Waals surface area contributed by atoms with E-state index >= 15 is 0 Å². The van der Waals surface area contributed by atoms with Crippen molar-refractivity contribution in [3.05, 3.63) is 65.2 Å². The van der Waals surface area contributed by atoms with Gasteiger partial charge in [-0.15, -0.1) is 0 Å². The summed E-state index contributed by atoms with van der Waals surface area (Å²) in [7, 11) is 1.54. The number of ether oxygens (including phenoxy) is 1. The minimum absolute atomic E-state index is 0.0325. The topological polar surface area (TPSA) is 83.9 Å². The lowest BCUT2D eigenvalue weighted by Gasteiger charge is -2.22. The van der Waals surface area contributed by atoms with Crippen LogP contribution in [0.25, 0.3) is 0 Å². The molecule has 2 amide bonds. The highest BCUT2D eigenvalue weighted by atomic mass is 16.5. The lowest BCUT2D eigenvalue weighted by atomic mass is 10.0. The Bertz CT molecular complexity index is 777. The summed E-state index contributed by atoms with van der Waals surface area (Å²) in [4.78, 5) is 37.4. The van der Waals surface area contributed by atoms with E-state index in [9.17, 15) is 19.5 Å². The number of aliphatic carboxylic acids is 1. The van der Waals surface area contributed by atoms with E-state index in [0.29, 0.717) is 11.3 Å². The zero-order chi connectivity index (χ0) is 17.3. The summed E-state index contributed by atoms with van der Waals surface area (Å²) in [6.07, 6.45) is 0.0325. The quantitative estimate of drug-likeness (QED) is 0.850. The minimum Gasteiger partial charge on any atom is -0.497 e. The summed E-state index contributed by atoms with van der Waals surface area (Å²) in [6, 6.07) is 11.9. The summed E-state index contributed by atoms with van der Waals surface area (Å²) >= 11 is 0. The van der Waals surface area contributed by atoms with Gasteiger partial charge in [0, 0.05) is 6.42 Å². The van der Waals surface area contributed by atoms with Gasteiger partial charge in [-0.3, -0.25) is 14.5 Å². The molecule has 1 atom stereocenters. The van der Waals surface area contributed by atoms with Crippen molar-refractivity contribution in [3.63, 3.8) is 0 Å². The number of carboxylic acids is 1. The largest absolute Gasteiger partial charge is 0.497 e. The molecule has 0 radical (unpaired) electrons. The molecule has 0 saturated carbocycles. The standard InChI is InChI=1S/C18H15NO5/c1-24-12-8-6-11(7-9-12)10-15(18(22)23)19-16(20)13-4-2-3-5-14(13)17(19)21/h2-9,15H,10H2,1H3,(H,22,23). The van der Waals surface area contributed by atoms with E-state index in [1.807, 2.05) is 0 Å². The summed E-state index contributed by atoms with van der Waals surface area (Å²) in [5.74, 6) is -1.72. The molecule has 1 heterocycles. The number of carboxylic acid groups (broad SMARTS) is 1. The highest BCUT2D eigenvalue weighted by Crippen LogP contribution is 2.26. The number of amides is 2. The van der Waals surface area contributed by atoms with Crippen molar-refractivity contribution in [2.24, 2.45) is 0 Å². The fourth-order valence-electron chi connectivity index (χ4n) is 2.76. The third-order valence-corrected chi connectivity index (χ3v) is 4.01. The smallest absolute Gasteiger partial charge is 0.327 e. The number of hydrogen-bond donors (Lipinski definition) is 1. The number of hydrogen-bond acceptors (Lipinski definition) is 4. The van der Waals surface area contributed by atoms with Crippen LogP contribution >= 0.6 is 0 Å². The van der Waals surface area contributed by atoms with Crippen molar-refractivity contribution in [3.8, 4) is 5.75 Å². The van der Waals surface area contributed by atoms with E-state index in [2.05, 4.69) is 0 Å². The highest BCUT2D eigenvalue weighted by molar-refractivity contribution is 6.22. The third-order valence-electron chi connectivity index (χ3n) is 4.01. The lowest BCUT2D eigenvalue weighted by Crippen LogP contribution is -2.46. The fraction of sp³-hybridized carbons (Fsp3) is 0.167. The summed E-state index contributed by atoms with van der Waals surface area (Å²) in [5.41, 5.74) is 1.17. The number of imide groups is 1. The van der Waals surface area contributed by atoms with Crippen molar-refractivity contribution in [2.75, 3.05) is 7.11 Å². The molecule has 0 spiro atoms. The predicted molar refractivity (Wildman–Crippen MR) is 85.1 cm³/mol. The summed E-state index contributed by atoms with van der Waals surface area (Å²) in [5, 5.41) is 9.54. The number of benzene rings is 2. The summed E-state index contributed by atoms with van der Waals surface area (Å²) < 4.78 is 5.06. The van der Waals surface area contributed by atoms with E-state index in [1.165, 1.54) is 19.2 Å². The Hall–Kier alpha value is -3.15. The SMILES string of the molecule is COc1ccc(CC(C(=O)O)N2C(=O)c3ccccc3C2=O)cc1. The van der Waals surface area contributed by atoms with Crippen molar-refractivity contribution in [1.29, 1.82) is 0 Å². The second-order valence-electron chi connectivity index (χ2n) is 5.43. The molecule has 0 fully saturated rings. The van der Waals surface area contributed by atoms with Crippen LogP contribution < -0.4 is 4.74 Å². The molecule has 0 saturated heterocycles. The number of carbonyl (C=O) groups excluding carboxylic acids is 2. The van der Waals surface area contributed by atoms with Gasteiger partial charge in [-0.05, 0) is 29.8 Å². The molecule has 2 aromatic carbocycles. The molecule has 1 N–H and O–H groups in total. The Labute approximate surface area is 138 Å². The van der Waals surface area contributed by atoms with Crippen LogP contribution in [0.5, 0.6) is 5.75 Å². The molecular formula is C18H15NO5. The molecule has 24 heavy (non-hydrogen) atoms. The predicted octanol–water partition coefficient (Wildman–Crippen LogP) is 1.99. The van der Waals surface area contributed by atoms with Gasteiger partial charge < -0.3 is 9.84 Å². The molecule has 6 nitrogen and oxygen atoms in total. The van der Waals surface area contributed by atoms with Crippen molar-refractivity contribution >= 4 is 17.8 Å². The maximum absolute atomic E-state index is 12.5. The Morgan fingerprint density at radius 3 is 2.04 bits per heavy atom. The van der Waals surface area contributed by atoms with Gasteiger partial charge in [0.2, 0.25) is 0 Å². The van der Waals surface area contributed by atoms with Gasteiger partial charge in [-0.1, -0.05) is 24.3 Å². The van der Waals surface area contributed by atoms with Crippen LogP contribution in [-0.4, -0.2) is 40.9 Å². The minimum atomic E-state index is -1.26. The second-order valence-corrected chi connectivity index (χ2v) is 5.43. The lowest BCUT2D eigenvalue weighted by molar-refractivity contribution is -0.141. The molecular weight excluding hydrogens is 310 g/mol. The van der Waals surface area contributed by atoms with Crippen LogP contribution in [0, 0.1) is 0 Å². The highest BCUT2D eigenvalue weighted by Gasteiger charge is 2.42. The first-order valence-electron chi connectivity index (χ1n) is 7.35.